The van der Waals surface area contributed by atoms with E-state index in [1.54, 1.807) is 4.68 Å². The molecule has 0 saturated carbocycles. The van der Waals surface area contributed by atoms with E-state index in [0.717, 1.165) is 4.68 Å². The second kappa shape index (κ2) is 7.05. The van der Waals surface area contributed by atoms with Crippen molar-refractivity contribution in [2.75, 3.05) is 16.9 Å². The van der Waals surface area contributed by atoms with Crippen LogP contribution in [0, 0.1) is 11.7 Å². The normalized spacial score (nSPS) is 17.0. The topological polar surface area (TPSA) is 102 Å². The molecule has 1 aliphatic rings. The fraction of sp³-hybridized carbons (Fsp3) is 0.350. The highest BCUT2D eigenvalue weighted by atomic mass is 19.1. The Hall–Kier alpha value is -3.56. The maximum absolute atomic E-state index is 13.1. The first kappa shape index (κ1) is 19.7. The van der Waals surface area contributed by atoms with Gasteiger partial charge in [-0.3, -0.25) is 19.8 Å². The van der Waals surface area contributed by atoms with Crippen molar-refractivity contribution in [1.29, 1.82) is 0 Å². The van der Waals surface area contributed by atoms with Crippen LogP contribution in [0.1, 0.15) is 27.2 Å². The maximum Gasteiger partial charge on any atom is 0.283 e. The van der Waals surface area contributed by atoms with Gasteiger partial charge in [-0.1, -0.05) is 0 Å². The lowest BCUT2D eigenvalue weighted by molar-refractivity contribution is -0.123. The Morgan fingerprint density at radius 1 is 1.20 bits per heavy atom. The van der Waals surface area contributed by atoms with Gasteiger partial charge in [0.1, 0.15) is 17.5 Å². The van der Waals surface area contributed by atoms with Crippen LogP contribution >= 0.6 is 0 Å². The Morgan fingerprint density at radius 3 is 2.57 bits per heavy atom. The van der Waals surface area contributed by atoms with Crippen LogP contribution in [0.5, 0.6) is 0 Å². The van der Waals surface area contributed by atoms with Crippen molar-refractivity contribution in [2.24, 2.45) is 5.92 Å². The molecule has 0 bridgehead atoms. The number of nitrogens with zero attached hydrogens (tertiary/aromatic N) is 5. The van der Waals surface area contributed by atoms with Crippen molar-refractivity contribution >= 4 is 28.5 Å². The molecule has 0 spiro atoms. The first-order valence-electron chi connectivity index (χ1n) is 9.48. The molecule has 1 atom stereocenters. The second-order valence-corrected chi connectivity index (χ2v) is 8.24. The first-order valence-corrected chi connectivity index (χ1v) is 9.48. The number of amides is 2. The highest BCUT2D eigenvalue weighted by molar-refractivity contribution is 6.01. The summed E-state index contributed by atoms with van der Waals surface area (Å²) in [7, 11) is 0. The SMILES string of the molecule is CC(C)(C)n1ncc2c(=O)n(NC(=O)C3CC(=O)N(c4ccc(F)cc4)C3)cnc21. The fourth-order valence-corrected chi connectivity index (χ4v) is 3.45. The van der Waals surface area contributed by atoms with Crippen LogP contribution in [0.4, 0.5) is 10.1 Å². The molecule has 3 aromatic rings. The van der Waals surface area contributed by atoms with Crippen LogP contribution in [-0.4, -0.2) is 37.8 Å². The largest absolute Gasteiger partial charge is 0.312 e. The second-order valence-electron chi connectivity index (χ2n) is 8.24. The molecule has 30 heavy (non-hydrogen) atoms. The Labute approximate surface area is 171 Å². The third-order valence-electron chi connectivity index (χ3n) is 4.99. The van der Waals surface area contributed by atoms with E-state index in [1.807, 2.05) is 20.8 Å². The number of hydrogen-bond acceptors (Lipinski definition) is 5. The lowest BCUT2D eigenvalue weighted by atomic mass is 10.1. The van der Waals surface area contributed by atoms with Gasteiger partial charge in [-0.15, -0.1) is 0 Å². The monoisotopic (exact) mass is 412 g/mol. The summed E-state index contributed by atoms with van der Waals surface area (Å²) in [6, 6.07) is 5.49. The molecule has 1 N–H and O–H groups in total. The van der Waals surface area contributed by atoms with Gasteiger partial charge < -0.3 is 4.90 Å². The number of fused-ring (bicyclic) bond motifs is 1. The molecule has 156 valence electrons. The maximum atomic E-state index is 13.1. The zero-order chi connectivity index (χ0) is 21.6. The lowest BCUT2D eigenvalue weighted by Crippen LogP contribution is -2.37. The molecule has 1 saturated heterocycles. The van der Waals surface area contributed by atoms with E-state index in [9.17, 15) is 18.8 Å². The molecule has 1 aromatic carbocycles. The van der Waals surface area contributed by atoms with Crippen molar-refractivity contribution in [2.45, 2.75) is 32.7 Å². The molecule has 3 heterocycles. The van der Waals surface area contributed by atoms with Crippen LogP contribution in [0.3, 0.4) is 0 Å². The van der Waals surface area contributed by atoms with Crippen molar-refractivity contribution in [3.63, 3.8) is 0 Å². The van der Waals surface area contributed by atoms with Crippen LogP contribution in [0.15, 0.2) is 41.6 Å². The quantitative estimate of drug-likeness (QED) is 0.704. The van der Waals surface area contributed by atoms with Crippen molar-refractivity contribution in [3.8, 4) is 0 Å². The van der Waals surface area contributed by atoms with Gasteiger partial charge in [0.15, 0.2) is 5.65 Å². The van der Waals surface area contributed by atoms with Crippen molar-refractivity contribution in [3.05, 3.63) is 53.0 Å². The zero-order valence-electron chi connectivity index (χ0n) is 16.8. The van der Waals surface area contributed by atoms with Crippen LogP contribution < -0.4 is 15.9 Å². The molecule has 2 amide bonds. The van der Waals surface area contributed by atoms with Gasteiger partial charge in [-0.2, -0.15) is 5.10 Å². The molecule has 1 unspecified atom stereocenters. The van der Waals surface area contributed by atoms with Gasteiger partial charge in [0.25, 0.3) is 5.56 Å². The van der Waals surface area contributed by atoms with Gasteiger partial charge in [0.05, 0.1) is 17.7 Å². The molecule has 1 fully saturated rings. The van der Waals surface area contributed by atoms with E-state index >= 15 is 0 Å². The van der Waals surface area contributed by atoms with Crippen LogP contribution in [0.2, 0.25) is 0 Å². The first-order chi connectivity index (χ1) is 14.1. The molecule has 4 rings (SSSR count). The Kier molecular flexibility index (Phi) is 4.64. The summed E-state index contributed by atoms with van der Waals surface area (Å²) >= 11 is 0. The highest BCUT2D eigenvalue weighted by Gasteiger charge is 2.35. The van der Waals surface area contributed by atoms with E-state index in [1.165, 1.54) is 41.7 Å². The molecule has 9 nitrogen and oxygen atoms in total. The van der Waals surface area contributed by atoms with E-state index in [4.69, 9.17) is 0 Å². The van der Waals surface area contributed by atoms with Gasteiger partial charge in [0.2, 0.25) is 11.8 Å². The number of carbonyl (C=O) groups is 2. The van der Waals surface area contributed by atoms with E-state index in [2.05, 4.69) is 15.5 Å². The predicted octanol–water partition coefficient (Wildman–Crippen LogP) is 1.61. The van der Waals surface area contributed by atoms with E-state index in [0.29, 0.717) is 11.3 Å². The fourth-order valence-electron chi connectivity index (χ4n) is 3.45. The summed E-state index contributed by atoms with van der Waals surface area (Å²) in [5.41, 5.74) is 2.66. The minimum Gasteiger partial charge on any atom is -0.312 e. The number of hydrogen-bond donors (Lipinski definition) is 1. The molecule has 0 aliphatic carbocycles. The molecule has 10 heteroatoms. The summed E-state index contributed by atoms with van der Waals surface area (Å²) in [6.07, 6.45) is 2.66. The molecule has 0 radical (unpaired) electrons. The Morgan fingerprint density at radius 2 is 1.90 bits per heavy atom. The van der Waals surface area contributed by atoms with Crippen LogP contribution in [0.25, 0.3) is 11.0 Å². The molecular formula is C20H21FN6O3. The highest BCUT2D eigenvalue weighted by Crippen LogP contribution is 2.25. The average Bonchev–Trinajstić information content (AvgIpc) is 3.29. The molecule has 2 aromatic heterocycles. The average molecular weight is 412 g/mol. The third-order valence-corrected chi connectivity index (χ3v) is 4.99. The van der Waals surface area contributed by atoms with Crippen molar-refractivity contribution < 1.29 is 14.0 Å². The van der Waals surface area contributed by atoms with E-state index < -0.39 is 23.2 Å². The predicted molar refractivity (Wildman–Crippen MR) is 108 cm³/mol. The summed E-state index contributed by atoms with van der Waals surface area (Å²) in [6.45, 7) is 5.97. The van der Waals surface area contributed by atoms with E-state index in [-0.39, 0.29) is 29.8 Å². The number of anilines is 1. The number of benzene rings is 1. The number of rotatable bonds is 3. The van der Waals surface area contributed by atoms with Gasteiger partial charge in [0, 0.05) is 18.7 Å². The zero-order valence-corrected chi connectivity index (χ0v) is 16.8. The Balaban J connectivity index is 1.53. The van der Waals surface area contributed by atoms with Gasteiger partial charge in [-0.05, 0) is 45.0 Å². The summed E-state index contributed by atoms with van der Waals surface area (Å²) < 4.78 is 15.8. The van der Waals surface area contributed by atoms with Gasteiger partial charge in [-0.25, -0.2) is 18.7 Å². The summed E-state index contributed by atoms with van der Waals surface area (Å²) in [4.78, 5) is 43.5. The van der Waals surface area contributed by atoms with Crippen molar-refractivity contribution in [1.82, 2.24) is 19.4 Å². The minimum atomic E-state index is -0.651. The smallest absolute Gasteiger partial charge is 0.283 e. The standard InChI is InChI=1S/C20H21FN6O3/c1-20(2,3)27-17-15(9-23-27)19(30)26(11-22-17)24-18(29)12-8-16(28)25(10-12)14-6-4-13(21)5-7-14/h4-7,9,11-12H,8,10H2,1-3H3,(H,24,29). The number of carbonyl (C=O) groups excluding carboxylic acids is 2. The molecule has 1 aliphatic heterocycles. The number of aromatic nitrogens is 4. The van der Waals surface area contributed by atoms with Gasteiger partial charge >= 0.3 is 0 Å². The minimum absolute atomic E-state index is 0.00438. The number of halogens is 1. The number of nitrogens with one attached hydrogen (secondary N) is 1. The Bertz CT molecular complexity index is 1190. The third kappa shape index (κ3) is 3.44. The molecular weight excluding hydrogens is 391 g/mol. The summed E-state index contributed by atoms with van der Waals surface area (Å²) in [5.74, 6) is -1.77. The van der Waals surface area contributed by atoms with Crippen LogP contribution in [-0.2, 0) is 15.1 Å². The lowest BCUT2D eigenvalue weighted by Gasteiger charge is -2.19. The summed E-state index contributed by atoms with van der Waals surface area (Å²) in [5, 5.41) is 4.52.